The van der Waals surface area contributed by atoms with Crippen LogP contribution in [0.5, 0.6) is 0 Å². The molecule has 1 amide bonds. The molecule has 8 nitrogen and oxygen atoms in total. The maximum Gasteiger partial charge on any atom is 0.257 e. The monoisotopic (exact) mass is 539 g/mol. The van der Waals surface area contributed by atoms with Gasteiger partial charge in [-0.25, -0.2) is 23.1 Å². The summed E-state index contributed by atoms with van der Waals surface area (Å²) in [6.07, 6.45) is 5.73. The fraction of sp³-hybridized carbons (Fsp3) is 0.370. The summed E-state index contributed by atoms with van der Waals surface area (Å²) in [5, 5.41) is 0.713. The van der Waals surface area contributed by atoms with Crippen LogP contribution in [0.3, 0.4) is 0 Å². The van der Waals surface area contributed by atoms with Crippen LogP contribution in [0.2, 0.25) is 5.02 Å². The van der Waals surface area contributed by atoms with Crippen LogP contribution in [-0.4, -0.2) is 55.4 Å². The number of nitrogens with zero attached hydrogens (tertiary/aromatic N) is 3. The van der Waals surface area contributed by atoms with E-state index in [2.05, 4.69) is 20.8 Å². The lowest BCUT2D eigenvalue weighted by Crippen LogP contribution is -2.49. The lowest BCUT2D eigenvalue weighted by molar-refractivity contribution is 0.0572. The van der Waals surface area contributed by atoms with Gasteiger partial charge in [0.15, 0.2) is 5.82 Å². The number of carbonyl (C=O) groups excluding carboxylic acids is 1. The fourth-order valence-electron chi connectivity index (χ4n) is 5.57. The van der Waals surface area contributed by atoms with Gasteiger partial charge in [-0.3, -0.25) is 4.79 Å². The van der Waals surface area contributed by atoms with Crippen LogP contribution in [0.1, 0.15) is 47.3 Å². The third-order valence-corrected chi connectivity index (χ3v) is 9.45. The van der Waals surface area contributed by atoms with E-state index in [9.17, 15) is 13.2 Å². The highest BCUT2D eigenvalue weighted by Crippen LogP contribution is 2.41. The summed E-state index contributed by atoms with van der Waals surface area (Å²) in [6.45, 7) is 1.14. The van der Waals surface area contributed by atoms with Crippen molar-refractivity contribution in [2.75, 3.05) is 20.1 Å². The number of hydrogen-bond acceptors (Lipinski definition) is 6. The van der Waals surface area contributed by atoms with Gasteiger partial charge in [-0.2, -0.15) is 0 Å². The number of benzene rings is 2. The average molecular weight is 540 g/mol. The maximum absolute atomic E-state index is 13.4. The summed E-state index contributed by atoms with van der Waals surface area (Å²) in [5.41, 5.74) is 9.10. The highest BCUT2D eigenvalue weighted by atomic mass is 35.5. The molecule has 194 valence electrons. The lowest BCUT2D eigenvalue weighted by Gasteiger charge is -2.44. The first-order chi connectivity index (χ1) is 17.8. The average Bonchev–Trinajstić information content (AvgIpc) is 2.93. The second-order valence-electron chi connectivity index (χ2n) is 9.76. The normalized spacial score (nSPS) is 22.1. The molecule has 10 heteroatoms. The molecular weight excluding hydrogens is 510 g/mol. The van der Waals surface area contributed by atoms with Crippen LogP contribution in [0, 0.1) is 0 Å². The van der Waals surface area contributed by atoms with Crippen molar-refractivity contribution in [2.24, 2.45) is 5.73 Å². The van der Waals surface area contributed by atoms with Gasteiger partial charge in [0.25, 0.3) is 5.91 Å². The third kappa shape index (κ3) is 4.88. The van der Waals surface area contributed by atoms with Crippen molar-refractivity contribution in [1.29, 1.82) is 0 Å². The zero-order valence-corrected chi connectivity index (χ0v) is 22.2. The van der Waals surface area contributed by atoms with Gasteiger partial charge in [-0.05, 0) is 62.6 Å². The Hall–Kier alpha value is -2.85. The highest BCUT2D eigenvalue weighted by Gasteiger charge is 2.40. The summed E-state index contributed by atoms with van der Waals surface area (Å²) in [5.74, 6) is 0.354. The molecule has 0 radical (unpaired) electrons. The van der Waals surface area contributed by atoms with Gasteiger partial charge in [0, 0.05) is 47.8 Å². The van der Waals surface area contributed by atoms with Crippen LogP contribution >= 0.6 is 11.6 Å². The molecular formula is C27H30ClN5O3S. The molecule has 1 aromatic heterocycles. The van der Waals surface area contributed by atoms with Gasteiger partial charge in [0.2, 0.25) is 10.0 Å². The van der Waals surface area contributed by atoms with E-state index < -0.39 is 10.0 Å². The number of nitrogens with one attached hydrogen (secondary N) is 1. The van der Waals surface area contributed by atoms with Gasteiger partial charge in [-0.15, -0.1) is 0 Å². The molecule has 0 atom stereocenters. The van der Waals surface area contributed by atoms with Crippen LogP contribution in [-0.2, 0) is 21.9 Å². The first-order valence-corrected chi connectivity index (χ1v) is 14.3. The van der Waals surface area contributed by atoms with Gasteiger partial charge >= 0.3 is 0 Å². The van der Waals surface area contributed by atoms with Crippen molar-refractivity contribution in [2.45, 2.75) is 48.5 Å². The molecule has 37 heavy (non-hydrogen) atoms. The molecule has 0 unspecified atom stereocenters. The molecule has 5 rings (SSSR count). The summed E-state index contributed by atoms with van der Waals surface area (Å²) in [6, 6.07) is 14.6. The largest absolute Gasteiger partial charge is 0.335 e. The van der Waals surface area contributed by atoms with Crippen molar-refractivity contribution >= 4 is 27.5 Å². The molecule has 3 aromatic rings. The second kappa shape index (κ2) is 10.1. The molecule has 1 aliphatic carbocycles. The van der Waals surface area contributed by atoms with E-state index in [0.29, 0.717) is 47.2 Å². The Kier molecular flexibility index (Phi) is 7.06. The van der Waals surface area contributed by atoms with E-state index in [0.717, 1.165) is 25.7 Å². The zero-order chi connectivity index (χ0) is 26.2. The first kappa shape index (κ1) is 25.8. The topological polar surface area (TPSA) is 118 Å². The Labute approximate surface area is 222 Å². The number of aromatic nitrogens is 2. The molecule has 2 aromatic carbocycles. The van der Waals surface area contributed by atoms with E-state index in [4.69, 9.17) is 17.3 Å². The van der Waals surface area contributed by atoms with Crippen LogP contribution in [0.25, 0.3) is 11.4 Å². The number of fused-ring (bicyclic) bond motifs is 1. The number of carbonyl (C=O) groups is 1. The zero-order valence-electron chi connectivity index (χ0n) is 20.7. The third-order valence-electron chi connectivity index (χ3n) is 7.80. The number of hydrogen-bond donors (Lipinski definition) is 2. The molecule has 0 bridgehead atoms. The second-order valence-corrected chi connectivity index (χ2v) is 12.1. The smallest absolute Gasteiger partial charge is 0.257 e. The summed E-state index contributed by atoms with van der Waals surface area (Å²) >= 11 is 6.25. The standard InChI is InChI=1S/C27H30ClN5O3S/c1-30-37(35,36)22-7-2-4-18(14-22)25-31-16-23-24(32-25)10-13-33(26(23)34)21-8-11-27(17-29,12-9-21)19-5-3-6-20(28)15-19/h2-7,14-16,21,30H,8-13,17,29H2,1H3/t21-,27-. The Bertz CT molecular complexity index is 1440. The van der Waals surface area contributed by atoms with E-state index >= 15 is 0 Å². The lowest BCUT2D eigenvalue weighted by atomic mass is 9.68. The van der Waals surface area contributed by atoms with Crippen LogP contribution in [0.4, 0.5) is 0 Å². The number of rotatable bonds is 6. The summed E-state index contributed by atoms with van der Waals surface area (Å²) in [4.78, 5) is 24.6. The molecule has 0 saturated heterocycles. The van der Waals surface area contributed by atoms with Crippen LogP contribution in [0.15, 0.2) is 59.6 Å². The Morgan fingerprint density at radius 1 is 1.16 bits per heavy atom. The Morgan fingerprint density at radius 3 is 2.62 bits per heavy atom. The minimum absolute atomic E-state index is 0.0488. The summed E-state index contributed by atoms with van der Waals surface area (Å²) < 4.78 is 26.7. The van der Waals surface area contributed by atoms with Gasteiger partial charge in [0.1, 0.15) is 0 Å². The number of sulfonamides is 1. The molecule has 1 aliphatic heterocycles. The van der Waals surface area contributed by atoms with Crippen molar-refractivity contribution in [3.8, 4) is 11.4 Å². The van der Waals surface area contributed by atoms with Crippen molar-refractivity contribution < 1.29 is 13.2 Å². The van der Waals surface area contributed by atoms with Crippen molar-refractivity contribution in [3.05, 3.63) is 76.6 Å². The predicted octanol–water partition coefficient (Wildman–Crippen LogP) is 3.54. The van der Waals surface area contributed by atoms with E-state index in [1.807, 2.05) is 23.1 Å². The fourth-order valence-corrected chi connectivity index (χ4v) is 6.54. The molecule has 1 fully saturated rings. The number of halogens is 1. The van der Waals surface area contributed by atoms with Crippen molar-refractivity contribution in [1.82, 2.24) is 19.6 Å². The SMILES string of the molecule is CNS(=O)(=O)c1cccc(-c2ncc3c(n2)CCN([C@H]2CC[C@](CN)(c4cccc(Cl)c4)CC2)C3=O)c1. The van der Waals surface area contributed by atoms with Gasteiger partial charge in [0.05, 0.1) is 16.2 Å². The Morgan fingerprint density at radius 2 is 1.92 bits per heavy atom. The number of nitrogens with two attached hydrogens (primary N) is 1. The summed E-state index contributed by atoms with van der Waals surface area (Å²) in [7, 11) is -2.22. The maximum atomic E-state index is 13.4. The van der Waals surface area contributed by atoms with Gasteiger partial charge < -0.3 is 10.6 Å². The first-order valence-electron chi connectivity index (χ1n) is 12.4. The Balaban J connectivity index is 1.33. The molecule has 2 aliphatic rings. The molecule has 3 N–H and O–H groups in total. The molecule has 1 saturated carbocycles. The highest BCUT2D eigenvalue weighted by molar-refractivity contribution is 7.89. The quantitative estimate of drug-likeness (QED) is 0.494. The van der Waals surface area contributed by atoms with E-state index in [-0.39, 0.29) is 22.3 Å². The number of amides is 1. The van der Waals surface area contributed by atoms with E-state index in [1.54, 1.807) is 18.3 Å². The van der Waals surface area contributed by atoms with Crippen LogP contribution < -0.4 is 10.5 Å². The van der Waals surface area contributed by atoms with E-state index in [1.165, 1.54) is 24.7 Å². The molecule has 2 heterocycles. The van der Waals surface area contributed by atoms with Gasteiger partial charge in [-0.1, -0.05) is 35.9 Å². The predicted molar refractivity (Wildman–Crippen MR) is 143 cm³/mol. The molecule has 0 spiro atoms. The van der Waals surface area contributed by atoms with Crippen molar-refractivity contribution in [3.63, 3.8) is 0 Å². The minimum atomic E-state index is -3.59. The minimum Gasteiger partial charge on any atom is -0.335 e.